The number of hydrogen-bond donors (Lipinski definition) is 2. The number of halogens is 2. The van der Waals surface area contributed by atoms with Gasteiger partial charge in [-0.1, -0.05) is 6.92 Å². The van der Waals surface area contributed by atoms with Crippen molar-refractivity contribution in [2.75, 3.05) is 6.54 Å². The lowest BCUT2D eigenvalue weighted by molar-refractivity contribution is -0.132. The van der Waals surface area contributed by atoms with Crippen molar-refractivity contribution in [1.82, 2.24) is 10.3 Å². The molecule has 0 spiro atoms. The highest BCUT2D eigenvalue weighted by molar-refractivity contribution is 7.09. The predicted octanol–water partition coefficient (Wildman–Crippen LogP) is 1.67. The lowest BCUT2D eigenvalue weighted by atomic mass is 10.2. The van der Waals surface area contributed by atoms with Crippen molar-refractivity contribution in [2.45, 2.75) is 44.9 Å². The van der Waals surface area contributed by atoms with E-state index in [0.717, 1.165) is 30.0 Å². The Labute approximate surface area is 135 Å². The molecule has 1 fully saturated rings. The van der Waals surface area contributed by atoms with Gasteiger partial charge in [0.1, 0.15) is 6.10 Å². The highest BCUT2D eigenvalue weighted by atomic mass is 35.5. The molecule has 2 atom stereocenters. The molecule has 1 saturated heterocycles. The van der Waals surface area contributed by atoms with Gasteiger partial charge in [0, 0.05) is 11.9 Å². The van der Waals surface area contributed by atoms with Gasteiger partial charge in [0.25, 0.3) is 0 Å². The van der Waals surface area contributed by atoms with E-state index in [0.29, 0.717) is 13.1 Å². The molecule has 1 aromatic heterocycles. The first kappa shape index (κ1) is 19.6. The molecule has 0 aliphatic carbocycles. The largest absolute Gasteiger partial charge is 0.364 e. The summed E-state index contributed by atoms with van der Waals surface area (Å²) < 4.78 is 5.53. The fraction of sp³-hybridized carbons (Fsp3) is 0.667. The molecule has 20 heavy (non-hydrogen) atoms. The van der Waals surface area contributed by atoms with Gasteiger partial charge in [0.05, 0.1) is 23.4 Å². The maximum absolute atomic E-state index is 11.9. The van der Waals surface area contributed by atoms with E-state index in [4.69, 9.17) is 10.5 Å². The van der Waals surface area contributed by atoms with E-state index in [-0.39, 0.29) is 42.9 Å². The van der Waals surface area contributed by atoms with Crippen LogP contribution >= 0.6 is 36.2 Å². The van der Waals surface area contributed by atoms with Crippen LogP contribution in [0.3, 0.4) is 0 Å². The van der Waals surface area contributed by atoms with E-state index in [9.17, 15) is 4.79 Å². The molecular formula is C12H21Cl2N3O2S. The predicted molar refractivity (Wildman–Crippen MR) is 84.8 cm³/mol. The molecule has 2 rings (SSSR count). The van der Waals surface area contributed by atoms with Gasteiger partial charge in [-0.05, 0) is 19.3 Å². The summed E-state index contributed by atoms with van der Waals surface area (Å²) in [7, 11) is 0. The summed E-state index contributed by atoms with van der Waals surface area (Å²) in [5.74, 6) is -0.0583. The summed E-state index contributed by atoms with van der Waals surface area (Å²) in [6.07, 6.45) is 2.24. The third kappa shape index (κ3) is 5.18. The Morgan fingerprint density at radius 3 is 2.85 bits per heavy atom. The Morgan fingerprint density at radius 2 is 2.30 bits per heavy atom. The second kappa shape index (κ2) is 9.52. The number of carbonyl (C=O) groups excluding carboxylic acids is 1. The monoisotopic (exact) mass is 341 g/mol. The van der Waals surface area contributed by atoms with Crippen LogP contribution in [0.25, 0.3) is 0 Å². The molecule has 116 valence electrons. The average Bonchev–Trinajstić information content (AvgIpc) is 3.04. The van der Waals surface area contributed by atoms with Gasteiger partial charge >= 0.3 is 0 Å². The van der Waals surface area contributed by atoms with Gasteiger partial charge in [-0.2, -0.15) is 0 Å². The first-order valence-electron chi connectivity index (χ1n) is 6.29. The van der Waals surface area contributed by atoms with Crippen LogP contribution in [0.2, 0.25) is 0 Å². The lowest BCUT2D eigenvalue weighted by Gasteiger charge is -2.11. The smallest absolute Gasteiger partial charge is 0.249 e. The molecule has 8 heteroatoms. The number of amides is 1. The van der Waals surface area contributed by atoms with Crippen molar-refractivity contribution < 1.29 is 9.53 Å². The minimum atomic E-state index is -0.345. The molecule has 0 bridgehead atoms. The van der Waals surface area contributed by atoms with Gasteiger partial charge in [0.15, 0.2) is 0 Å². The minimum Gasteiger partial charge on any atom is -0.364 e. The number of hydrogen-bond acceptors (Lipinski definition) is 5. The van der Waals surface area contributed by atoms with Crippen LogP contribution in [0, 0.1) is 0 Å². The van der Waals surface area contributed by atoms with E-state index in [1.54, 1.807) is 11.3 Å². The fourth-order valence-corrected chi connectivity index (χ4v) is 2.70. The molecule has 1 aromatic rings. The first-order valence-corrected chi connectivity index (χ1v) is 7.17. The molecule has 5 nitrogen and oxygen atoms in total. The van der Waals surface area contributed by atoms with Crippen molar-refractivity contribution in [3.8, 4) is 0 Å². The van der Waals surface area contributed by atoms with Crippen LogP contribution in [0.1, 0.15) is 30.5 Å². The zero-order valence-electron chi connectivity index (χ0n) is 11.3. The summed E-state index contributed by atoms with van der Waals surface area (Å²) in [6.45, 7) is 3.03. The standard InChI is InChI=1S/C12H19N3O2S.2ClH/c1-2-11-15-8(7-18-11)6-14-12(16)10-4-3-9(5-13)17-10;;/h7,9-10H,2-6,13H2,1H3,(H,14,16);2*1H/t9-,10+;;/m1../s1. The lowest BCUT2D eigenvalue weighted by Crippen LogP contribution is -2.35. The van der Waals surface area contributed by atoms with Gasteiger partial charge < -0.3 is 15.8 Å². The van der Waals surface area contributed by atoms with Crippen molar-refractivity contribution in [3.05, 3.63) is 16.1 Å². The maximum Gasteiger partial charge on any atom is 0.249 e. The molecule has 1 aliphatic heterocycles. The summed E-state index contributed by atoms with van der Waals surface area (Å²) in [6, 6.07) is 0. The van der Waals surface area contributed by atoms with E-state index >= 15 is 0 Å². The third-order valence-electron chi connectivity index (χ3n) is 3.01. The number of rotatable bonds is 5. The molecule has 0 saturated carbocycles. The number of nitrogens with two attached hydrogens (primary N) is 1. The van der Waals surface area contributed by atoms with Crippen molar-refractivity contribution in [3.63, 3.8) is 0 Å². The summed E-state index contributed by atoms with van der Waals surface area (Å²) in [5, 5.41) is 5.94. The van der Waals surface area contributed by atoms with Gasteiger partial charge in [-0.25, -0.2) is 4.98 Å². The quantitative estimate of drug-likeness (QED) is 0.853. The van der Waals surface area contributed by atoms with Crippen LogP contribution in [0.5, 0.6) is 0 Å². The van der Waals surface area contributed by atoms with Gasteiger partial charge in [-0.15, -0.1) is 36.2 Å². The maximum atomic E-state index is 11.9. The Bertz CT molecular complexity index is 417. The Kier molecular flexibility index (Phi) is 9.33. The van der Waals surface area contributed by atoms with Crippen LogP contribution in [0.4, 0.5) is 0 Å². The minimum absolute atomic E-state index is 0. The highest BCUT2D eigenvalue weighted by Gasteiger charge is 2.29. The van der Waals surface area contributed by atoms with Crippen molar-refractivity contribution >= 4 is 42.1 Å². The van der Waals surface area contributed by atoms with Gasteiger partial charge in [-0.3, -0.25) is 4.79 Å². The number of nitrogens with zero attached hydrogens (tertiary/aromatic N) is 1. The van der Waals surface area contributed by atoms with Crippen LogP contribution in [0.15, 0.2) is 5.38 Å². The number of thiazole rings is 1. The zero-order valence-corrected chi connectivity index (χ0v) is 13.8. The Hall–Kier alpha value is -0.400. The SMILES string of the molecule is CCc1nc(CNC(=O)[C@@H]2CC[C@H](CN)O2)cs1.Cl.Cl. The third-order valence-corrected chi connectivity index (χ3v) is 4.05. The normalized spacial score (nSPS) is 20.9. The number of carbonyl (C=O) groups is 1. The van der Waals surface area contributed by atoms with Crippen LogP contribution < -0.4 is 11.1 Å². The molecule has 2 heterocycles. The first-order chi connectivity index (χ1) is 8.72. The number of aromatic nitrogens is 1. The van der Waals surface area contributed by atoms with E-state index in [1.807, 2.05) is 5.38 Å². The summed E-state index contributed by atoms with van der Waals surface area (Å²) in [4.78, 5) is 16.3. The summed E-state index contributed by atoms with van der Waals surface area (Å²) >= 11 is 1.63. The van der Waals surface area contributed by atoms with Crippen molar-refractivity contribution in [1.29, 1.82) is 0 Å². The summed E-state index contributed by atoms with van der Waals surface area (Å²) in [5.41, 5.74) is 6.43. The highest BCUT2D eigenvalue weighted by Crippen LogP contribution is 2.19. The van der Waals surface area contributed by atoms with Gasteiger partial charge in [0.2, 0.25) is 5.91 Å². The molecular weight excluding hydrogens is 321 g/mol. The molecule has 1 amide bonds. The van der Waals surface area contributed by atoms with E-state index in [1.165, 1.54) is 0 Å². The van der Waals surface area contributed by atoms with E-state index in [2.05, 4.69) is 17.2 Å². The molecule has 3 N–H and O–H groups in total. The Balaban J connectivity index is 0.00000180. The Morgan fingerprint density at radius 1 is 1.55 bits per heavy atom. The van der Waals surface area contributed by atoms with E-state index < -0.39 is 0 Å². The van der Waals surface area contributed by atoms with Crippen LogP contribution in [-0.2, 0) is 22.5 Å². The second-order valence-corrected chi connectivity index (χ2v) is 5.31. The molecule has 0 aromatic carbocycles. The molecule has 1 aliphatic rings. The number of aryl methyl sites for hydroxylation is 1. The van der Waals surface area contributed by atoms with Crippen LogP contribution in [-0.4, -0.2) is 29.6 Å². The molecule has 0 radical (unpaired) electrons. The zero-order chi connectivity index (χ0) is 13.0. The molecule has 0 unspecified atom stereocenters. The topological polar surface area (TPSA) is 77.2 Å². The van der Waals surface area contributed by atoms with Crippen molar-refractivity contribution in [2.24, 2.45) is 5.73 Å². The fourth-order valence-electron chi connectivity index (χ4n) is 1.96. The average molecular weight is 342 g/mol. The second-order valence-electron chi connectivity index (χ2n) is 4.36. The number of nitrogens with one attached hydrogen (secondary N) is 1. The number of ether oxygens (including phenoxy) is 1.